The number of aliphatic hydroxyl groups excluding tert-OH is 1. The van der Waals surface area contributed by atoms with Gasteiger partial charge in [0.2, 0.25) is 5.91 Å². The second-order valence-electron chi connectivity index (χ2n) is 5.69. The van der Waals surface area contributed by atoms with Crippen LogP contribution >= 0.6 is 0 Å². The molecule has 0 aliphatic carbocycles. The van der Waals surface area contributed by atoms with Crippen molar-refractivity contribution in [2.75, 3.05) is 19.8 Å². The van der Waals surface area contributed by atoms with E-state index in [1.165, 1.54) is 0 Å². The summed E-state index contributed by atoms with van der Waals surface area (Å²) in [5.74, 6) is 0.123. The van der Waals surface area contributed by atoms with E-state index in [1.54, 1.807) is 0 Å². The van der Waals surface area contributed by atoms with E-state index in [1.807, 2.05) is 20.8 Å². The third-order valence-electron chi connectivity index (χ3n) is 3.47. The van der Waals surface area contributed by atoms with Crippen LogP contribution in [0.25, 0.3) is 0 Å². The van der Waals surface area contributed by atoms with Crippen LogP contribution in [0.5, 0.6) is 0 Å². The van der Waals surface area contributed by atoms with Gasteiger partial charge in [0.05, 0.1) is 12.0 Å². The van der Waals surface area contributed by atoms with Crippen LogP contribution in [0.15, 0.2) is 0 Å². The van der Waals surface area contributed by atoms with Gasteiger partial charge in [-0.25, -0.2) is 0 Å². The van der Waals surface area contributed by atoms with Gasteiger partial charge in [-0.1, -0.05) is 13.8 Å². The summed E-state index contributed by atoms with van der Waals surface area (Å²) in [4.78, 5) is 11.8. The molecule has 2 unspecified atom stereocenters. The molecule has 100 valence electrons. The molecule has 2 N–H and O–H groups in total. The Bertz CT molecular complexity index is 253. The number of ether oxygens (including phenoxy) is 1. The second-order valence-corrected chi connectivity index (χ2v) is 5.69. The van der Waals surface area contributed by atoms with Crippen molar-refractivity contribution in [1.82, 2.24) is 5.32 Å². The molecule has 4 nitrogen and oxygen atoms in total. The average molecular weight is 243 g/mol. The van der Waals surface area contributed by atoms with Crippen molar-refractivity contribution < 1.29 is 14.6 Å². The Morgan fingerprint density at radius 1 is 1.53 bits per heavy atom. The van der Waals surface area contributed by atoms with Crippen LogP contribution in [0, 0.1) is 11.3 Å². The lowest BCUT2D eigenvalue weighted by molar-refractivity contribution is -0.126. The van der Waals surface area contributed by atoms with Crippen LogP contribution in [0.1, 0.15) is 40.0 Å². The van der Waals surface area contributed by atoms with Crippen molar-refractivity contribution in [2.24, 2.45) is 11.3 Å². The fourth-order valence-electron chi connectivity index (χ4n) is 2.06. The number of hydrogen-bond acceptors (Lipinski definition) is 3. The summed E-state index contributed by atoms with van der Waals surface area (Å²) in [6.07, 6.45) is 2.69. The summed E-state index contributed by atoms with van der Waals surface area (Å²) in [6, 6.07) is 0. The second kappa shape index (κ2) is 6.36. The molecular formula is C13H25NO3. The van der Waals surface area contributed by atoms with Gasteiger partial charge < -0.3 is 15.2 Å². The lowest BCUT2D eigenvalue weighted by Crippen LogP contribution is -2.35. The summed E-state index contributed by atoms with van der Waals surface area (Å²) in [7, 11) is 0. The summed E-state index contributed by atoms with van der Waals surface area (Å²) in [5.41, 5.74) is -0.0471. The molecule has 0 aromatic rings. The van der Waals surface area contributed by atoms with Crippen molar-refractivity contribution in [1.29, 1.82) is 0 Å². The monoisotopic (exact) mass is 243 g/mol. The molecule has 1 amide bonds. The van der Waals surface area contributed by atoms with E-state index in [4.69, 9.17) is 9.84 Å². The first kappa shape index (κ1) is 14.5. The van der Waals surface area contributed by atoms with Crippen molar-refractivity contribution in [3.63, 3.8) is 0 Å². The number of nitrogens with one attached hydrogen (secondary N) is 1. The van der Waals surface area contributed by atoms with E-state index in [-0.39, 0.29) is 30.0 Å². The molecule has 1 heterocycles. The third kappa shape index (κ3) is 4.64. The maximum atomic E-state index is 11.8. The zero-order valence-corrected chi connectivity index (χ0v) is 11.2. The SMILES string of the molecule is CC1OCCC1C(=O)NCCCC(C)(C)CO. The minimum atomic E-state index is -0.0471. The van der Waals surface area contributed by atoms with Crippen molar-refractivity contribution in [3.8, 4) is 0 Å². The molecule has 1 rings (SSSR count). The van der Waals surface area contributed by atoms with Gasteiger partial charge in [0.1, 0.15) is 0 Å². The fourth-order valence-corrected chi connectivity index (χ4v) is 2.06. The molecule has 17 heavy (non-hydrogen) atoms. The third-order valence-corrected chi connectivity index (χ3v) is 3.47. The highest BCUT2D eigenvalue weighted by molar-refractivity contribution is 5.79. The number of hydrogen-bond donors (Lipinski definition) is 2. The Hall–Kier alpha value is -0.610. The predicted molar refractivity (Wildman–Crippen MR) is 66.6 cm³/mol. The molecule has 1 saturated heterocycles. The van der Waals surface area contributed by atoms with Gasteiger partial charge >= 0.3 is 0 Å². The van der Waals surface area contributed by atoms with Crippen LogP contribution in [-0.4, -0.2) is 36.9 Å². The maximum absolute atomic E-state index is 11.8. The summed E-state index contributed by atoms with van der Waals surface area (Å²) < 4.78 is 5.37. The molecule has 1 aliphatic rings. The lowest BCUT2D eigenvalue weighted by atomic mass is 9.89. The maximum Gasteiger partial charge on any atom is 0.225 e. The minimum absolute atomic E-state index is 0.0147. The van der Waals surface area contributed by atoms with Crippen LogP contribution in [0.2, 0.25) is 0 Å². The zero-order chi connectivity index (χ0) is 12.9. The molecule has 0 aromatic carbocycles. The Labute approximate surface area is 104 Å². The largest absolute Gasteiger partial charge is 0.396 e. The van der Waals surface area contributed by atoms with Gasteiger partial charge in [0.25, 0.3) is 0 Å². The Balaban J connectivity index is 2.16. The van der Waals surface area contributed by atoms with E-state index in [0.717, 1.165) is 19.3 Å². The Morgan fingerprint density at radius 3 is 2.76 bits per heavy atom. The number of carbonyl (C=O) groups is 1. The van der Waals surface area contributed by atoms with Gasteiger partial charge in [-0.2, -0.15) is 0 Å². The quantitative estimate of drug-likeness (QED) is 0.692. The normalized spacial score (nSPS) is 24.9. The minimum Gasteiger partial charge on any atom is -0.396 e. The first-order chi connectivity index (χ1) is 7.96. The highest BCUT2D eigenvalue weighted by atomic mass is 16.5. The molecular weight excluding hydrogens is 218 g/mol. The molecule has 0 saturated carbocycles. The van der Waals surface area contributed by atoms with E-state index >= 15 is 0 Å². The molecule has 1 aliphatic heterocycles. The summed E-state index contributed by atoms with van der Waals surface area (Å²) >= 11 is 0. The Kier molecular flexibility index (Phi) is 5.40. The predicted octanol–water partition coefficient (Wildman–Crippen LogP) is 1.33. The van der Waals surface area contributed by atoms with Crippen LogP contribution < -0.4 is 5.32 Å². The van der Waals surface area contributed by atoms with Gasteiger partial charge in [0, 0.05) is 19.8 Å². The van der Waals surface area contributed by atoms with Crippen LogP contribution in [-0.2, 0) is 9.53 Å². The lowest BCUT2D eigenvalue weighted by Gasteiger charge is -2.21. The van der Waals surface area contributed by atoms with Gasteiger partial charge in [-0.3, -0.25) is 4.79 Å². The topological polar surface area (TPSA) is 58.6 Å². The molecule has 0 spiro atoms. The molecule has 0 radical (unpaired) electrons. The van der Waals surface area contributed by atoms with Crippen LogP contribution in [0.3, 0.4) is 0 Å². The van der Waals surface area contributed by atoms with E-state index in [0.29, 0.717) is 13.2 Å². The van der Waals surface area contributed by atoms with E-state index in [2.05, 4.69) is 5.32 Å². The average Bonchev–Trinajstić information content (AvgIpc) is 2.71. The molecule has 2 atom stereocenters. The molecule has 4 heteroatoms. The van der Waals surface area contributed by atoms with Gasteiger partial charge in [-0.05, 0) is 31.6 Å². The number of rotatable bonds is 6. The first-order valence-corrected chi connectivity index (χ1v) is 6.46. The molecule has 0 bridgehead atoms. The number of carbonyl (C=O) groups excluding carboxylic acids is 1. The number of amides is 1. The van der Waals surface area contributed by atoms with Crippen molar-refractivity contribution in [2.45, 2.75) is 46.1 Å². The van der Waals surface area contributed by atoms with Crippen molar-refractivity contribution >= 4 is 5.91 Å². The first-order valence-electron chi connectivity index (χ1n) is 6.46. The summed E-state index contributed by atoms with van der Waals surface area (Å²) in [5, 5.41) is 12.1. The van der Waals surface area contributed by atoms with Crippen LogP contribution in [0.4, 0.5) is 0 Å². The fraction of sp³-hybridized carbons (Fsp3) is 0.923. The highest BCUT2D eigenvalue weighted by Gasteiger charge is 2.30. The van der Waals surface area contributed by atoms with Gasteiger partial charge in [0.15, 0.2) is 0 Å². The summed E-state index contributed by atoms with van der Waals surface area (Å²) in [6.45, 7) is 7.58. The zero-order valence-electron chi connectivity index (χ0n) is 11.2. The van der Waals surface area contributed by atoms with E-state index in [9.17, 15) is 4.79 Å². The van der Waals surface area contributed by atoms with Crippen molar-refractivity contribution in [3.05, 3.63) is 0 Å². The Morgan fingerprint density at radius 2 is 2.24 bits per heavy atom. The van der Waals surface area contributed by atoms with Gasteiger partial charge in [-0.15, -0.1) is 0 Å². The highest BCUT2D eigenvalue weighted by Crippen LogP contribution is 2.22. The molecule has 0 aromatic heterocycles. The smallest absolute Gasteiger partial charge is 0.225 e. The molecule has 1 fully saturated rings. The van der Waals surface area contributed by atoms with E-state index < -0.39 is 0 Å². The number of aliphatic hydroxyl groups is 1. The standard InChI is InChI=1S/C13H25NO3/c1-10-11(5-8-17-10)12(16)14-7-4-6-13(2,3)9-15/h10-11,15H,4-9H2,1-3H3,(H,14,16).